The summed E-state index contributed by atoms with van der Waals surface area (Å²) in [6.07, 6.45) is 0. The summed E-state index contributed by atoms with van der Waals surface area (Å²) >= 11 is 11.8. The summed E-state index contributed by atoms with van der Waals surface area (Å²) in [6.45, 7) is 1.73. The number of esters is 1. The molecule has 1 aliphatic heterocycles. The number of ether oxygens (including phenoxy) is 2. The van der Waals surface area contributed by atoms with E-state index in [-0.39, 0.29) is 16.2 Å². The SMILES string of the molecule is COC(=O)C1=C(C)N(c2ccc(OC)cc2)C(=S)NC1c1c(F)cccc1Cl. The summed E-state index contributed by atoms with van der Waals surface area (Å²) in [5.74, 6) is -0.458. The number of hydrogen-bond donors (Lipinski definition) is 1. The van der Waals surface area contributed by atoms with E-state index in [0.29, 0.717) is 16.6 Å². The largest absolute Gasteiger partial charge is 0.497 e. The van der Waals surface area contributed by atoms with Crippen LogP contribution in [0.5, 0.6) is 5.75 Å². The third-order valence-corrected chi connectivity index (χ3v) is 5.14. The summed E-state index contributed by atoms with van der Waals surface area (Å²) in [6, 6.07) is 10.6. The second-order valence-electron chi connectivity index (χ2n) is 6.04. The number of anilines is 1. The third-order valence-electron chi connectivity index (χ3n) is 4.51. The Hall–Kier alpha value is -2.64. The fourth-order valence-electron chi connectivity index (χ4n) is 3.16. The third kappa shape index (κ3) is 3.55. The quantitative estimate of drug-likeness (QED) is 0.585. The van der Waals surface area contributed by atoms with Crippen molar-refractivity contribution in [2.45, 2.75) is 13.0 Å². The number of carbonyl (C=O) groups is 1. The number of halogens is 2. The van der Waals surface area contributed by atoms with E-state index >= 15 is 0 Å². The molecule has 0 radical (unpaired) electrons. The van der Waals surface area contributed by atoms with Crippen molar-refractivity contribution >= 4 is 40.6 Å². The van der Waals surface area contributed by atoms with E-state index in [1.807, 2.05) is 12.1 Å². The first kappa shape index (κ1) is 20.1. The van der Waals surface area contributed by atoms with Crippen LogP contribution in [-0.2, 0) is 9.53 Å². The van der Waals surface area contributed by atoms with Gasteiger partial charge in [-0.2, -0.15) is 0 Å². The van der Waals surface area contributed by atoms with Crippen LogP contribution in [0.3, 0.4) is 0 Å². The topological polar surface area (TPSA) is 50.8 Å². The Morgan fingerprint density at radius 1 is 1.21 bits per heavy atom. The first-order valence-corrected chi connectivity index (χ1v) is 9.15. The van der Waals surface area contributed by atoms with Crippen LogP contribution in [0, 0.1) is 5.82 Å². The number of nitrogens with zero attached hydrogens (tertiary/aromatic N) is 1. The molecule has 0 spiro atoms. The van der Waals surface area contributed by atoms with Crippen molar-refractivity contribution in [2.24, 2.45) is 0 Å². The molecular formula is C20H18ClFN2O3S. The molecule has 3 rings (SSSR count). The molecular weight excluding hydrogens is 403 g/mol. The number of benzene rings is 2. The molecule has 2 aromatic rings. The molecule has 2 aromatic carbocycles. The highest BCUT2D eigenvalue weighted by Crippen LogP contribution is 2.38. The summed E-state index contributed by atoms with van der Waals surface area (Å²) < 4.78 is 24.7. The Morgan fingerprint density at radius 3 is 2.46 bits per heavy atom. The van der Waals surface area contributed by atoms with Gasteiger partial charge in [0.1, 0.15) is 11.6 Å². The lowest BCUT2D eigenvalue weighted by Crippen LogP contribution is -2.48. The maximum absolute atomic E-state index is 14.6. The van der Waals surface area contributed by atoms with Gasteiger partial charge in [0.25, 0.3) is 0 Å². The van der Waals surface area contributed by atoms with Gasteiger partial charge in [0.05, 0.1) is 25.8 Å². The van der Waals surface area contributed by atoms with Gasteiger partial charge in [-0.05, 0) is 55.5 Å². The Balaban J connectivity index is 2.16. The molecule has 0 saturated carbocycles. The monoisotopic (exact) mass is 420 g/mol. The maximum atomic E-state index is 14.6. The number of nitrogens with one attached hydrogen (secondary N) is 1. The molecule has 1 aliphatic rings. The predicted molar refractivity (Wildman–Crippen MR) is 110 cm³/mol. The summed E-state index contributed by atoms with van der Waals surface area (Å²) in [4.78, 5) is 14.3. The molecule has 0 saturated heterocycles. The second-order valence-corrected chi connectivity index (χ2v) is 6.84. The van der Waals surface area contributed by atoms with Crippen molar-refractivity contribution in [3.05, 3.63) is 70.1 Å². The molecule has 1 N–H and O–H groups in total. The number of hydrogen-bond acceptors (Lipinski definition) is 4. The minimum atomic E-state index is -0.872. The highest BCUT2D eigenvalue weighted by Gasteiger charge is 2.37. The zero-order chi connectivity index (χ0) is 20.4. The number of methoxy groups -OCH3 is 2. The molecule has 0 fully saturated rings. The van der Waals surface area contributed by atoms with Gasteiger partial charge in [-0.3, -0.25) is 4.90 Å². The molecule has 1 atom stereocenters. The fourth-order valence-corrected chi connectivity index (χ4v) is 3.79. The van der Waals surface area contributed by atoms with Crippen molar-refractivity contribution in [1.29, 1.82) is 0 Å². The van der Waals surface area contributed by atoms with Gasteiger partial charge < -0.3 is 14.8 Å². The first-order chi connectivity index (χ1) is 13.4. The Morgan fingerprint density at radius 2 is 1.89 bits per heavy atom. The Bertz CT molecular complexity index is 942. The average molecular weight is 421 g/mol. The minimum Gasteiger partial charge on any atom is -0.497 e. The molecule has 0 bridgehead atoms. The lowest BCUT2D eigenvalue weighted by molar-refractivity contribution is -0.136. The fraction of sp³-hybridized carbons (Fsp3) is 0.200. The highest BCUT2D eigenvalue weighted by atomic mass is 35.5. The molecule has 1 heterocycles. The molecule has 28 heavy (non-hydrogen) atoms. The lowest BCUT2D eigenvalue weighted by atomic mass is 9.94. The standard InChI is InChI=1S/C20H18ClFN2O3S/c1-11-16(19(25)27-3)18(17-14(21)5-4-6-15(17)22)23-20(28)24(11)12-7-9-13(26-2)10-8-12/h4-10,18H,1-3H3,(H,23,28). The van der Waals surface area contributed by atoms with E-state index < -0.39 is 17.8 Å². The summed E-state index contributed by atoms with van der Waals surface area (Å²) in [5, 5.41) is 3.52. The smallest absolute Gasteiger partial charge is 0.337 e. The number of carbonyl (C=O) groups excluding carboxylic acids is 1. The maximum Gasteiger partial charge on any atom is 0.337 e. The van der Waals surface area contributed by atoms with Crippen LogP contribution in [0.4, 0.5) is 10.1 Å². The van der Waals surface area contributed by atoms with Crippen molar-refractivity contribution in [1.82, 2.24) is 5.32 Å². The van der Waals surface area contributed by atoms with Crippen LogP contribution < -0.4 is 15.0 Å². The van der Waals surface area contributed by atoms with E-state index in [1.54, 1.807) is 37.1 Å². The molecule has 0 aromatic heterocycles. The van der Waals surface area contributed by atoms with E-state index in [2.05, 4.69) is 5.32 Å². The zero-order valence-corrected chi connectivity index (χ0v) is 17.0. The van der Waals surface area contributed by atoms with Crippen LogP contribution in [0.2, 0.25) is 5.02 Å². The lowest BCUT2D eigenvalue weighted by Gasteiger charge is -2.37. The van der Waals surface area contributed by atoms with Gasteiger partial charge in [-0.1, -0.05) is 17.7 Å². The van der Waals surface area contributed by atoms with E-state index in [0.717, 1.165) is 5.69 Å². The van der Waals surface area contributed by atoms with Crippen LogP contribution in [0.15, 0.2) is 53.7 Å². The summed E-state index contributed by atoms with van der Waals surface area (Å²) in [7, 11) is 2.85. The molecule has 146 valence electrons. The van der Waals surface area contributed by atoms with Crippen LogP contribution in [-0.4, -0.2) is 25.3 Å². The Kier molecular flexibility index (Phi) is 5.86. The van der Waals surface area contributed by atoms with Crippen molar-refractivity contribution < 1.29 is 18.7 Å². The molecule has 0 aliphatic carbocycles. The van der Waals surface area contributed by atoms with Gasteiger partial charge in [0.15, 0.2) is 5.11 Å². The van der Waals surface area contributed by atoms with Crippen LogP contribution in [0.1, 0.15) is 18.5 Å². The number of thiocarbonyl (C=S) groups is 1. The number of rotatable bonds is 4. The van der Waals surface area contributed by atoms with Crippen LogP contribution in [0.25, 0.3) is 0 Å². The first-order valence-electron chi connectivity index (χ1n) is 8.36. The molecule has 0 amide bonds. The second kappa shape index (κ2) is 8.16. The minimum absolute atomic E-state index is 0.139. The van der Waals surface area contributed by atoms with Gasteiger partial charge in [0, 0.05) is 22.0 Å². The van der Waals surface area contributed by atoms with Crippen LogP contribution >= 0.6 is 23.8 Å². The molecule has 8 heteroatoms. The van der Waals surface area contributed by atoms with Crippen molar-refractivity contribution in [3.63, 3.8) is 0 Å². The number of allylic oxidation sites excluding steroid dienone is 1. The van der Waals surface area contributed by atoms with Gasteiger partial charge in [0.2, 0.25) is 0 Å². The van der Waals surface area contributed by atoms with Crippen molar-refractivity contribution in [2.75, 3.05) is 19.1 Å². The predicted octanol–water partition coefficient (Wildman–Crippen LogP) is 4.37. The van der Waals surface area contributed by atoms with Gasteiger partial charge in [-0.15, -0.1) is 0 Å². The van der Waals surface area contributed by atoms with E-state index in [1.165, 1.54) is 19.2 Å². The average Bonchev–Trinajstić information content (AvgIpc) is 2.67. The van der Waals surface area contributed by atoms with Gasteiger partial charge in [-0.25, -0.2) is 9.18 Å². The Labute approximate surface area is 172 Å². The van der Waals surface area contributed by atoms with E-state index in [9.17, 15) is 9.18 Å². The summed E-state index contributed by atoms with van der Waals surface area (Å²) in [5.41, 5.74) is 1.60. The molecule has 1 unspecified atom stereocenters. The highest BCUT2D eigenvalue weighted by molar-refractivity contribution is 7.80. The van der Waals surface area contributed by atoms with Crippen molar-refractivity contribution in [3.8, 4) is 5.75 Å². The zero-order valence-electron chi connectivity index (χ0n) is 15.5. The normalized spacial score (nSPS) is 16.7. The van der Waals surface area contributed by atoms with Gasteiger partial charge >= 0.3 is 5.97 Å². The molecule has 5 nitrogen and oxygen atoms in total. The van der Waals surface area contributed by atoms with E-state index in [4.69, 9.17) is 33.3 Å².